The number of nitrogens with zero attached hydrogens (tertiary/aromatic N) is 3. The molecule has 1 aliphatic rings. The van der Waals surface area contributed by atoms with Gasteiger partial charge in [0.15, 0.2) is 0 Å². The molecule has 1 unspecified atom stereocenters. The van der Waals surface area contributed by atoms with Gasteiger partial charge in [-0.1, -0.05) is 0 Å². The van der Waals surface area contributed by atoms with E-state index in [1.807, 2.05) is 0 Å². The summed E-state index contributed by atoms with van der Waals surface area (Å²) < 4.78 is 0. The minimum absolute atomic E-state index is 0.134. The fourth-order valence-electron chi connectivity index (χ4n) is 1.95. The summed E-state index contributed by atoms with van der Waals surface area (Å²) in [5.74, 6) is 0.974. The summed E-state index contributed by atoms with van der Waals surface area (Å²) in [5, 5.41) is 8.46. The van der Waals surface area contributed by atoms with Crippen LogP contribution in [0, 0.1) is 17.2 Å². The van der Waals surface area contributed by atoms with E-state index in [1.165, 1.54) is 12.8 Å². The molecular weight excluding hydrogens is 214 g/mol. The van der Waals surface area contributed by atoms with Gasteiger partial charge in [-0.05, 0) is 32.7 Å². The lowest BCUT2D eigenvalue weighted by molar-refractivity contribution is -0.130. The van der Waals surface area contributed by atoms with Crippen molar-refractivity contribution in [3.8, 4) is 6.07 Å². The average Bonchev–Trinajstić information content (AvgIpc) is 3.15. The molecule has 0 aromatic rings. The summed E-state index contributed by atoms with van der Waals surface area (Å²) in [7, 11) is 3.86. The molecule has 0 saturated heterocycles. The van der Waals surface area contributed by atoms with Gasteiger partial charge >= 0.3 is 0 Å². The summed E-state index contributed by atoms with van der Waals surface area (Å²) in [6.07, 6.45) is 3.63. The predicted octanol–water partition coefficient (Wildman–Crippen LogP) is 1.48. The first-order valence-corrected chi connectivity index (χ1v) is 6.37. The molecule has 1 amide bonds. The highest BCUT2D eigenvalue weighted by molar-refractivity contribution is 5.76. The second kappa shape index (κ2) is 6.61. The minimum atomic E-state index is 0.134. The third-order valence-electron chi connectivity index (χ3n) is 3.66. The van der Waals surface area contributed by atoms with Crippen LogP contribution in [0.5, 0.6) is 0 Å². The second-order valence-electron chi connectivity index (χ2n) is 5.03. The van der Waals surface area contributed by atoms with Crippen LogP contribution in [-0.4, -0.2) is 48.9 Å². The van der Waals surface area contributed by atoms with Crippen molar-refractivity contribution in [1.29, 1.82) is 5.26 Å². The van der Waals surface area contributed by atoms with Gasteiger partial charge < -0.3 is 9.80 Å². The summed E-state index contributed by atoms with van der Waals surface area (Å²) in [6.45, 7) is 3.59. The van der Waals surface area contributed by atoms with Crippen LogP contribution >= 0.6 is 0 Å². The van der Waals surface area contributed by atoms with Gasteiger partial charge in [0.1, 0.15) is 0 Å². The lowest BCUT2D eigenvalue weighted by Crippen LogP contribution is -2.35. The highest BCUT2D eigenvalue weighted by Gasteiger charge is 2.30. The third kappa shape index (κ3) is 4.74. The van der Waals surface area contributed by atoms with Gasteiger partial charge in [-0.25, -0.2) is 0 Å². The first kappa shape index (κ1) is 14.0. The number of amides is 1. The smallest absolute Gasteiger partial charge is 0.223 e. The van der Waals surface area contributed by atoms with Crippen molar-refractivity contribution < 1.29 is 4.79 Å². The Bertz CT molecular complexity index is 294. The molecule has 0 aromatic heterocycles. The zero-order chi connectivity index (χ0) is 12.8. The van der Waals surface area contributed by atoms with E-state index < -0.39 is 0 Å². The molecule has 1 atom stereocenters. The second-order valence-corrected chi connectivity index (χ2v) is 5.03. The fourth-order valence-corrected chi connectivity index (χ4v) is 1.95. The quantitative estimate of drug-likeness (QED) is 0.674. The van der Waals surface area contributed by atoms with Gasteiger partial charge in [0, 0.05) is 32.6 Å². The van der Waals surface area contributed by atoms with E-state index in [9.17, 15) is 4.79 Å². The van der Waals surface area contributed by atoms with Crippen molar-refractivity contribution >= 4 is 5.91 Å². The van der Waals surface area contributed by atoms with E-state index in [0.29, 0.717) is 25.4 Å². The molecule has 4 heteroatoms. The standard InChI is InChI=1S/C13H23N3O/c1-11(12-5-6-12)15(2)10-7-13(17)16(3)9-4-8-14/h11-12H,4-7,9-10H2,1-3H3. The Labute approximate surface area is 104 Å². The first-order valence-electron chi connectivity index (χ1n) is 6.37. The molecule has 1 saturated carbocycles. The zero-order valence-electron chi connectivity index (χ0n) is 11.1. The van der Waals surface area contributed by atoms with Crippen LogP contribution in [0.2, 0.25) is 0 Å². The van der Waals surface area contributed by atoms with E-state index in [0.717, 1.165) is 12.5 Å². The Balaban J connectivity index is 2.20. The van der Waals surface area contributed by atoms with Crippen LogP contribution in [0.4, 0.5) is 0 Å². The molecule has 0 aromatic carbocycles. The van der Waals surface area contributed by atoms with Crippen molar-refractivity contribution in [2.24, 2.45) is 5.92 Å². The van der Waals surface area contributed by atoms with Gasteiger partial charge in [-0.2, -0.15) is 5.26 Å². The first-order chi connectivity index (χ1) is 8.06. The van der Waals surface area contributed by atoms with Gasteiger partial charge in [0.25, 0.3) is 0 Å². The third-order valence-corrected chi connectivity index (χ3v) is 3.66. The molecule has 1 rings (SSSR count). The Morgan fingerprint density at radius 3 is 2.59 bits per heavy atom. The highest BCUT2D eigenvalue weighted by atomic mass is 16.2. The maximum Gasteiger partial charge on any atom is 0.223 e. The van der Waals surface area contributed by atoms with Crippen LogP contribution < -0.4 is 0 Å². The van der Waals surface area contributed by atoms with Crippen molar-refractivity contribution in [1.82, 2.24) is 9.80 Å². The topological polar surface area (TPSA) is 47.3 Å². The van der Waals surface area contributed by atoms with Gasteiger partial charge in [0.05, 0.1) is 12.5 Å². The van der Waals surface area contributed by atoms with E-state index in [2.05, 4.69) is 24.9 Å². The molecule has 0 radical (unpaired) electrons. The monoisotopic (exact) mass is 237 g/mol. The summed E-state index contributed by atoms with van der Waals surface area (Å²) in [4.78, 5) is 15.7. The van der Waals surface area contributed by atoms with Gasteiger partial charge in [0.2, 0.25) is 5.91 Å². The summed E-state index contributed by atoms with van der Waals surface area (Å²) in [6, 6.07) is 2.65. The number of nitriles is 1. The molecule has 17 heavy (non-hydrogen) atoms. The van der Waals surface area contributed by atoms with Gasteiger partial charge in [-0.15, -0.1) is 0 Å². The number of rotatable bonds is 7. The number of hydrogen-bond acceptors (Lipinski definition) is 3. The number of carbonyl (C=O) groups is 1. The normalized spacial score (nSPS) is 16.6. The van der Waals surface area contributed by atoms with Crippen LogP contribution in [-0.2, 0) is 4.79 Å². The lowest BCUT2D eigenvalue weighted by Gasteiger charge is -2.25. The minimum Gasteiger partial charge on any atom is -0.345 e. The van der Waals surface area contributed by atoms with Crippen molar-refractivity contribution in [2.45, 2.75) is 38.6 Å². The Hall–Kier alpha value is -1.08. The maximum absolute atomic E-state index is 11.8. The number of hydrogen-bond donors (Lipinski definition) is 0. The largest absolute Gasteiger partial charge is 0.345 e. The summed E-state index contributed by atoms with van der Waals surface area (Å²) in [5.41, 5.74) is 0. The molecule has 1 aliphatic carbocycles. The molecule has 0 N–H and O–H groups in total. The predicted molar refractivity (Wildman–Crippen MR) is 67.3 cm³/mol. The molecule has 1 fully saturated rings. The zero-order valence-corrected chi connectivity index (χ0v) is 11.1. The van der Waals surface area contributed by atoms with Crippen molar-refractivity contribution in [2.75, 3.05) is 27.2 Å². The summed E-state index contributed by atoms with van der Waals surface area (Å²) >= 11 is 0. The Morgan fingerprint density at radius 2 is 2.06 bits per heavy atom. The highest BCUT2D eigenvalue weighted by Crippen LogP contribution is 2.34. The van der Waals surface area contributed by atoms with E-state index >= 15 is 0 Å². The Morgan fingerprint density at radius 1 is 1.41 bits per heavy atom. The fraction of sp³-hybridized carbons (Fsp3) is 0.846. The lowest BCUT2D eigenvalue weighted by atomic mass is 10.2. The molecule has 0 aliphatic heterocycles. The number of carbonyl (C=O) groups excluding carboxylic acids is 1. The molecule has 96 valence electrons. The SMILES string of the molecule is CC(C1CC1)N(C)CCC(=O)N(C)CCC#N. The van der Waals surface area contributed by atoms with Gasteiger partial charge in [-0.3, -0.25) is 4.79 Å². The van der Waals surface area contributed by atoms with E-state index in [1.54, 1.807) is 11.9 Å². The van der Waals surface area contributed by atoms with Crippen LogP contribution in [0.25, 0.3) is 0 Å². The van der Waals surface area contributed by atoms with E-state index in [4.69, 9.17) is 5.26 Å². The van der Waals surface area contributed by atoms with Crippen molar-refractivity contribution in [3.63, 3.8) is 0 Å². The molecule has 0 spiro atoms. The van der Waals surface area contributed by atoms with Crippen LogP contribution in [0.3, 0.4) is 0 Å². The van der Waals surface area contributed by atoms with Crippen LogP contribution in [0.15, 0.2) is 0 Å². The molecule has 4 nitrogen and oxygen atoms in total. The maximum atomic E-state index is 11.8. The van der Waals surface area contributed by atoms with Crippen LogP contribution in [0.1, 0.15) is 32.6 Å². The molecular formula is C13H23N3O. The van der Waals surface area contributed by atoms with Crippen molar-refractivity contribution in [3.05, 3.63) is 0 Å². The average molecular weight is 237 g/mol. The Kier molecular flexibility index (Phi) is 5.43. The molecule has 0 bridgehead atoms. The van der Waals surface area contributed by atoms with E-state index in [-0.39, 0.29) is 5.91 Å². The molecule has 0 heterocycles.